The molecule has 2 nitrogen and oxygen atoms in total. The van der Waals surface area contributed by atoms with Gasteiger partial charge in [0.2, 0.25) is 0 Å². The van der Waals surface area contributed by atoms with Crippen molar-refractivity contribution in [1.82, 2.24) is 10.2 Å². The van der Waals surface area contributed by atoms with Crippen molar-refractivity contribution >= 4 is 5.57 Å². The van der Waals surface area contributed by atoms with Crippen LogP contribution in [0, 0.1) is 6.20 Å². The van der Waals surface area contributed by atoms with E-state index in [1.807, 2.05) is 6.20 Å². The van der Waals surface area contributed by atoms with Crippen LogP contribution < -0.4 is 0 Å². The average Bonchev–Trinajstić information content (AvgIpc) is 2.58. The highest BCUT2D eigenvalue weighted by Gasteiger charge is 2.06. The van der Waals surface area contributed by atoms with Gasteiger partial charge < -0.3 is 0 Å². The standard InChI is InChI=1S/C9H11N2/c1-2-4-8(5-3-1)9-6-10-11-7-9/h4,6H,1-3,5H2,(H,10,11). The minimum Gasteiger partial charge on any atom is -0.284 e. The van der Waals surface area contributed by atoms with Crippen molar-refractivity contribution in [2.24, 2.45) is 0 Å². The maximum Gasteiger partial charge on any atom is 0.120 e. The van der Waals surface area contributed by atoms with E-state index >= 15 is 0 Å². The summed E-state index contributed by atoms with van der Waals surface area (Å²) in [7, 11) is 0. The first-order chi connectivity index (χ1) is 5.47. The van der Waals surface area contributed by atoms with Crippen LogP contribution in [0.3, 0.4) is 0 Å². The molecule has 2 heteroatoms. The molecule has 1 aromatic heterocycles. The second-order valence-corrected chi connectivity index (χ2v) is 2.89. The van der Waals surface area contributed by atoms with E-state index in [1.54, 1.807) is 0 Å². The quantitative estimate of drug-likeness (QED) is 0.648. The number of allylic oxidation sites excluding steroid dienone is 2. The molecule has 1 heterocycles. The molecule has 57 valence electrons. The van der Waals surface area contributed by atoms with E-state index in [9.17, 15) is 0 Å². The van der Waals surface area contributed by atoms with E-state index in [-0.39, 0.29) is 0 Å². The molecular weight excluding hydrogens is 136 g/mol. The zero-order chi connectivity index (χ0) is 7.52. The Kier molecular flexibility index (Phi) is 1.76. The first-order valence-corrected chi connectivity index (χ1v) is 4.08. The fraction of sp³-hybridized carbons (Fsp3) is 0.444. The van der Waals surface area contributed by atoms with Crippen molar-refractivity contribution in [2.75, 3.05) is 0 Å². The molecule has 2 rings (SSSR count). The maximum atomic E-state index is 3.81. The smallest absolute Gasteiger partial charge is 0.120 e. The van der Waals surface area contributed by atoms with Crippen molar-refractivity contribution in [3.05, 3.63) is 24.0 Å². The molecule has 0 bridgehead atoms. The van der Waals surface area contributed by atoms with E-state index < -0.39 is 0 Å². The van der Waals surface area contributed by atoms with Crippen LogP contribution >= 0.6 is 0 Å². The number of H-pyrrole nitrogens is 1. The van der Waals surface area contributed by atoms with Gasteiger partial charge in [-0.15, -0.1) is 0 Å². The lowest BCUT2D eigenvalue weighted by molar-refractivity contribution is 0.742. The van der Waals surface area contributed by atoms with E-state index in [2.05, 4.69) is 22.5 Å². The molecule has 0 saturated heterocycles. The fourth-order valence-corrected chi connectivity index (χ4v) is 1.47. The van der Waals surface area contributed by atoms with Gasteiger partial charge in [0, 0.05) is 11.8 Å². The first kappa shape index (κ1) is 6.65. The molecule has 0 aliphatic heterocycles. The molecule has 1 aliphatic carbocycles. The normalized spacial score (nSPS) is 18.0. The van der Waals surface area contributed by atoms with Crippen LogP contribution in [0.5, 0.6) is 0 Å². The molecule has 0 unspecified atom stereocenters. The summed E-state index contributed by atoms with van der Waals surface area (Å²) in [6.07, 6.45) is 12.2. The molecule has 0 atom stereocenters. The minimum atomic E-state index is 1.14. The molecule has 0 saturated carbocycles. The molecule has 0 fully saturated rings. The molecule has 0 amide bonds. The molecule has 11 heavy (non-hydrogen) atoms. The monoisotopic (exact) mass is 147 g/mol. The van der Waals surface area contributed by atoms with Crippen molar-refractivity contribution in [3.63, 3.8) is 0 Å². The van der Waals surface area contributed by atoms with Gasteiger partial charge >= 0.3 is 0 Å². The van der Waals surface area contributed by atoms with Crippen molar-refractivity contribution in [3.8, 4) is 0 Å². The zero-order valence-electron chi connectivity index (χ0n) is 6.43. The number of hydrogen-bond acceptors (Lipinski definition) is 1. The second kappa shape index (κ2) is 2.91. The van der Waals surface area contributed by atoms with Gasteiger partial charge in [-0.1, -0.05) is 6.08 Å². The van der Waals surface area contributed by atoms with Crippen LogP contribution in [0.1, 0.15) is 31.2 Å². The van der Waals surface area contributed by atoms with Gasteiger partial charge in [0.25, 0.3) is 0 Å². The highest BCUT2D eigenvalue weighted by atomic mass is 15.1. The van der Waals surface area contributed by atoms with Crippen LogP contribution in [-0.4, -0.2) is 10.2 Å². The molecule has 1 N–H and O–H groups in total. The lowest BCUT2D eigenvalue weighted by atomic mass is 9.96. The topological polar surface area (TPSA) is 28.7 Å². The zero-order valence-corrected chi connectivity index (χ0v) is 6.43. The van der Waals surface area contributed by atoms with E-state index in [0.717, 1.165) is 5.56 Å². The van der Waals surface area contributed by atoms with Crippen LogP contribution in [0.4, 0.5) is 0 Å². The van der Waals surface area contributed by atoms with E-state index in [4.69, 9.17) is 0 Å². The summed E-state index contributed by atoms with van der Waals surface area (Å²) in [5.41, 5.74) is 2.55. The summed E-state index contributed by atoms with van der Waals surface area (Å²) in [6, 6.07) is 0. The lowest BCUT2D eigenvalue weighted by Crippen LogP contribution is -1.89. The van der Waals surface area contributed by atoms with Crippen molar-refractivity contribution < 1.29 is 0 Å². The van der Waals surface area contributed by atoms with Gasteiger partial charge in [0.05, 0.1) is 0 Å². The lowest BCUT2D eigenvalue weighted by Gasteiger charge is -2.09. The summed E-state index contributed by atoms with van der Waals surface area (Å²) in [4.78, 5) is 0. The largest absolute Gasteiger partial charge is 0.284 e. The minimum absolute atomic E-state index is 1.14. The number of aromatic amines is 1. The Balaban J connectivity index is 2.22. The predicted molar refractivity (Wildman–Crippen MR) is 43.9 cm³/mol. The number of rotatable bonds is 1. The molecule has 0 spiro atoms. The third-order valence-electron chi connectivity index (χ3n) is 2.09. The van der Waals surface area contributed by atoms with Crippen LogP contribution in [-0.2, 0) is 0 Å². The van der Waals surface area contributed by atoms with Gasteiger partial charge in [-0.05, 0) is 31.3 Å². The summed E-state index contributed by atoms with van der Waals surface area (Å²) in [5, 5.41) is 6.59. The maximum absolute atomic E-state index is 3.81. The summed E-state index contributed by atoms with van der Waals surface area (Å²) >= 11 is 0. The molecule has 1 radical (unpaired) electrons. The van der Waals surface area contributed by atoms with Gasteiger partial charge in [0.15, 0.2) is 0 Å². The fourth-order valence-electron chi connectivity index (χ4n) is 1.47. The average molecular weight is 147 g/mol. The van der Waals surface area contributed by atoms with Gasteiger partial charge in [0.1, 0.15) is 6.20 Å². The Morgan fingerprint density at radius 2 is 2.45 bits per heavy atom. The first-order valence-electron chi connectivity index (χ1n) is 4.08. The second-order valence-electron chi connectivity index (χ2n) is 2.89. The van der Waals surface area contributed by atoms with Crippen molar-refractivity contribution in [1.29, 1.82) is 0 Å². The van der Waals surface area contributed by atoms with Crippen molar-refractivity contribution in [2.45, 2.75) is 25.7 Å². The Hall–Kier alpha value is -1.05. The summed E-state index contributed by atoms with van der Waals surface area (Å²) in [5.74, 6) is 0. The Morgan fingerprint density at radius 3 is 3.09 bits per heavy atom. The summed E-state index contributed by atoms with van der Waals surface area (Å²) in [6.45, 7) is 0. The highest BCUT2D eigenvalue weighted by Crippen LogP contribution is 2.25. The van der Waals surface area contributed by atoms with Gasteiger partial charge in [-0.2, -0.15) is 5.10 Å². The van der Waals surface area contributed by atoms with Crippen LogP contribution in [0.25, 0.3) is 5.57 Å². The predicted octanol–water partition coefficient (Wildman–Crippen LogP) is 2.17. The third-order valence-corrected chi connectivity index (χ3v) is 2.09. The highest BCUT2D eigenvalue weighted by molar-refractivity contribution is 5.64. The third kappa shape index (κ3) is 1.34. The number of nitrogens with zero attached hydrogens (tertiary/aromatic N) is 1. The SMILES string of the molecule is [c]1n[nH]cc1C1=CCCCC1. The Morgan fingerprint density at radius 1 is 1.45 bits per heavy atom. The Bertz CT molecular complexity index is 247. The van der Waals surface area contributed by atoms with E-state index in [0.29, 0.717) is 0 Å². The Labute approximate surface area is 66.3 Å². The molecule has 0 aromatic carbocycles. The number of nitrogens with one attached hydrogen (secondary N) is 1. The van der Waals surface area contributed by atoms with Gasteiger partial charge in [-0.25, -0.2) is 0 Å². The summed E-state index contributed by atoms with van der Waals surface area (Å²) < 4.78 is 0. The molecule has 1 aliphatic rings. The van der Waals surface area contributed by atoms with Crippen LogP contribution in [0.2, 0.25) is 0 Å². The molecular formula is C9H11N2. The van der Waals surface area contributed by atoms with E-state index in [1.165, 1.54) is 31.3 Å². The van der Waals surface area contributed by atoms with Gasteiger partial charge in [-0.3, -0.25) is 5.10 Å². The number of aromatic nitrogens is 2. The van der Waals surface area contributed by atoms with Crippen LogP contribution in [0.15, 0.2) is 12.3 Å². The number of hydrogen-bond donors (Lipinski definition) is 1. The molecule has 1 aromatic rings.